The Bertz CT molecular complexity index is 91.1. The van der Waals surface area contributed by atoms with Crippen molar-refractivity contribution in [1.29, 1.82) is 0 Å². The van der Waals surface area contributed by atoms with Crippen molar-refractivity contribution >= 4 is 12.6 Å². The molecule has 0 aliphatic heterocycles. The summed E-state index contributed by atoms with van der Waals surface area (Å²) >= 11 is 4.38. The molecule has 0 unspecified atom stereocenters. The molecule has 0 amide bonds. The van der Waals surface area contributed by atoms with Crippen LogP contribution in [0.5, 0.6) is 0 Å². The zero-order valence-electron chi connectivity index (χ0n) is 5.93. The second-order valence-corrected chi connectivity index (χ2v) is 4.12. The smallest absolute Gasteiger partial charge is 0.0126 e. The van der Waals surface area contributed by atoms with Gasteiger partial charge in [-0.3, -0.25) is 0 Å². The monoisotopic (exact) mass is 145 g/mol. The Labute approximate surface area is 62.4 Å². The van der Waals surface area contributed by atoms with Gasteiger partial charge in [-0.25, -0.2) is 0 Å². The Hall–Kier alpha value is 0.310. The zero-order chi connectivity index (χ0) is 6.91. The molecule has 1 aliphatic rings. The Morgan fingerprint density at radius 1 is 1.44 bits per heavy atom. The Morgan fingerprint density at radius 3 is 2.22 bits per heavy atom. The molecule has 0 spiro atoms. The van der Waals surface area contributed by atoms with Crippen LogP contribution in [0.4, 0.5) is 0 Å². The lowest BCUT2D eigenvalue weighted by Gasteiger charge is -2.31. The number of hydrogen-bond donors (Lipinski definition) is 2. The van der Waals surface area contributed by atoms with Crippen LogP contribution < -0.4 is 5.73 Å². The summed E-state index contributed by atoms with van der Waals surface area (Å²) in [5.74, 6) is 0. The van der Waals surface area contributed by atoms with Gasteiger partial charge in [0.1, 0.15) is 0 Å². The number of nitrogens with two attached hydrogens (primary N) is 1. The predicted octanol–water partition coefficient (Wildman–Crippen LogP) is 1.58. The average molecular weight is 145 g/mol. The van der Waals surface area contributed by atoms with Gasteiger partial charge in [0.15, 0.2) is 0 Å². The van der Waals surface area contributed by atoms with Gasteiger partial charge in [0.05, 0.1) is 0 Å². The van der Waals surface area contributed by atoms with Crippen LogP contribution in [0.1, 0.15) is 32.6 Å². The highest BCUT2D eigenvalue weighted by molar-refractivity contribution is 7.80. The maximum atomic E-state index is 5.91. The maximum absolute atomic E-state index is 5.91. The molecule has 2 N–H and O–H groups in total. The van der Waals surface area contributed by atoms with E-state index in [-0.39, 0.29) is 5.54 Å². The molecule has 9 heavy (non-hydrogen) atoms. The molecule has 1 rings (SSSR count). The highest BCUT2D eigenvalue weighted by Crippen LogP contribution is 2.28. The molecule has 1 nitrogen and oxygen atoms in total. The normalized spacial score (nSPS) is 45.0. The third kappa shape index (κ3) is 2.18. The molecule has 2 heteroatoms. The molecule has 0 saturated heterocycles. The summed E-state index contributed by atoms with van der Waals surface area (Å²) in [6.45, 7) is 2.13. The first kappa shape index (κ1) is 7.42. The number of thiol groups is 1. The summed E-state index contributed by atoms with van der Waals surface area (Å²) in [6, 6.07) is 0. The van der Waals surface area contributed by atoms with Crippen LogP contribution in [0, 0.1) is 0 Å². The van der Waals surface area contributed by atoms with Gasteiger partial charge in [-0.05, 0) is 32.6 Å². The summed E-state index contributed by atoms with van der Waals surface area (Å²) in [4.78, 5) is 0. The fourth-order valence-corrected chi connectivity index (χ4v) is 1.52. The molecule has 0 bridgehead atoms. The van der Waals surface area contributed by atoms with Crippen LogP contribution in [-0.2, 0) is 0 Å². The van der Waals surface area contributed by atoms with Crippen molar-refractivity contribution in [1.82, 2.24) is 0 Å². The van der Waals surface area contributed by atoms with E-state index in [1.165, 1.54) is 12.8 Å². The van der Waals surface area contributed by atoms with Crippen molar-refractivity contribution in [3.63, 3.8) is 0 Å². The standard InChI is InChI=1S/C7H15NS/c1-7(8)4-2-6(9)3-5-7/h6,9H,2-5,8H2,1H3. The Kier molecular flexibility index (Phi) is 2.07. The molecule has 1 saturated carbocycles. The topological polar surface area (TPSA) is 26.0 Å². The van der Waals surface area contributed by atoms with E-state index in [1.807, 2.05) is 0 Å². The van der Waals surface area contributed by atoms with Crippen LogP contribution in [-0.4, -0.2) is 10.8 Å². The van der Waals surface area contributed by atoms with Gasteiger partial charge >= 0.3 is 0 Å². The van der Waals surface area contributed by atoms with Crippen LogP contribution >= 0.6 is 12.6 Å². The quantitative estimate of drug-likeness (QED) is 0.497. The maximum Gasteiger partial charge on any atom is 0.0126 e. The van der Waals surface area contributed by atoms with Crippen molar-refractivity contribution in [3.05, 3.63) is 0 Å². The van der Waals surface area contributed by atoms with Crippen molar-refractivity contribution in [3.8, 4) is 0 Å². The van der Waals surface area contributed by atoms with E-state index in [9.17, 15) is 0 Å². The largest absolute Gasteiger partial charge is 0.325 e. The van der Waals surface area contributed by atoms with E-state index >= 15 is 0 Å². The van der Waals surface area contributed by atoms with Crippen molar-refractivity contribution in [2.75, 3.05) is 0 Å². The molecule has 0 heterocycles. The molecular weight excluding hydrogens is 130 g/mol. The van der Waals surface area contributed by atoms with Gasteiger partial charge in [0, 0.05) is 10.8 Å². The minimum Gasteiger partial charge on any atom is -0.325 e. The summed E-state index contributed by atoms with van der Waals surface area (Å²) in [5.41, 5.74) is 6.02. The highest BCUT2D eigenvalue weighted by Gasteiger charge is 2.24. The first-order chi connectivity index (χ1) is 4.10. The Morgan fingerprint density at radius 2 is 1.89 bits per heavy atom. The van der Waals surface area contributed by atoms with Crippen molar-refractivity contribution < 1.29 is 0 Å². The molecule has 1 aliphatic carbocycles. The molecule has 0 aromatic heterocycles. The van der Waals surface area contributed by atoms with Gasteiger partial charge < -0.3 is 5.73 Å². The van der Waals surface area contributed by atoms with E-state index in [1.54, 1.807) is 0 Å². The van der Waals surface area contributed by atoms with Crippen LogP contribution in [0.25, 0.3) is 0 Å². The van der Waals surface area contributed by atoms with Gasteiger partial charge in [-0.1, -0.05) is 0 Å². The van der Waals surface area contributed by atoms with Crippen molar-refractivity contribution in [2.45, 2.75) is 43.4 Å². The van der Waals surface area contributed by atoms with E-state index < -0.39 is 0 Å². The first-order valence-corrected chi connectivity index (χ1v) is 4.09. The number of rotatable bonds is 0. The average Bonchev–Trinajstić information content (AvgIpc) is 1.78. The van der Waals surface area contributed by atoms with Crippen LogP contribution in [0.3, 0.4) is 0 Å². The summed E-state index contributed by atoms with van der Waals surface area (Å²) in [7, 11) is 0. The van der Waals surface area contributed by atoms with E-state index in [0.717, 1.165) is 12.8 Å². The molecule has 1 fully saturated rings. The third-order valence-electron chi connectivity index (χ3n) is 2.10. The summed E-state index contributed by atoms with van der Waals surface area (Å²) in [5, 5.41) is 0.613. The second kappa shape index (κ2) is 2.51. The number of hydrogen-bond acceptors (Lipinski definition) is 2. The minimum absolute atomic E-state index is 0.110. The van der Waals surface area contributed by atoms with E-state index in [0.29, 0.717) is 5.25 Å². The Balaban J connectivity index is 2.35. The molecule has 0 aromatic rings. The molecule has 0 atom stereocenters. The fraction of sp³-hybridized carbons (Fsp3) is 1.00. The predicted molar refractivity (Wildman–Crippen MR) is 43.8 cm³/mol. The third-order valence-corrected chi connectivity index (χ3v) is 2.61. The van der Waals surface area contributed by atoms with Gasteiger partial charge in [0.2, 0.25) is 0 Å². The van der Waals surface area contributed by atoms with Gasteiger partial charge in [0.25, 0.3) is 0 Å². The lowest BCUT2D eigenvalue weighted by atomic mass is 9.84. The van der Waals surface area contributed by atoms with Gasteiger partial charge in [-0.15, -0.1) is 0 Å². The molecule has 54 valence electrons. The second-order valence-electron chi connectivity index (χ2n) is 3.39. The molecular formula is C7H15NS. The molecule has 0 aromatic carbocycles. The van der Waals surface area contributed by atoms with Gasteiger partial charge in [-0.2, -0.15) is 12.6 Å². The van der Waals surface area contributed by atoms with Crippen LogP contribution in [0.15, 0.2) is 0 Å². The highest BCUT2D eigenvalue weighted by atomic mass is 32.1. The van der Waals surface area contributed by atoms with Crippen molar-refractivity contribution in [2.24, 2.45) is 5.73 Å². The summed E-state index contributed by atoms with van der Waals surface area (Å²) < 4.78 is 0. The fourth-order valence-electron chi connectivity index (χ4n) is 1.26. The minimum atomic E-state index is 0.110. The zero-order valence-corrected chi connectivity index (χ0v) is 6.82. The summed E-state index contributed by atoms with van der Waals surface area (Å²) in [6.07, 6.45) is 4.66. The van der Waals surface area contributed by atoms with Crippen LogP contribution in [0.2, 0.25) is 0 Å². The van der Waals surface area contributed by atoms with E-state index in [2.05, 4.69) is 19.6 Å². The molecule has 0 radical (unpaired) electrons. The first-order valence-electron chi connectivity index (χ1n) is 3.57. The lowest BCUT2D eigenvalue weighted by Crippen LogP contribution is -2.40. The lowest BCUT2D eigenvalue weighted by molar-refractivity contribution is 0.329. The van der Waals surface area contributed by atoms with E-state index in [4.69, 9.17) is 5.73 Å². The SMILES string of the molecule is CC1(N)CCC(S)CC1.